The van der Waals surface area contributed by atoms with Gasteiger partial charge in [0.05, 0.1) is 20.8 Å². The first-order valence-corrected chi connectivity index (χ1v) is 7.10. The molecule has 0 unspecified atom stereocenters. The van der Waals surface area contributed by atoms with Crippen LogP contribution in [0, 0.1) is 0 Å². The van der Waals surface area contributed by atoms with Crippen molar-refractivity contribution in [3.8, 4) is 34.3 Å². The zero-order chi connectivity index (χ0) is 16.2. The molecule has 1 heterocycles. The fourth-order valence-corrected chi connectivity index (χ4v) is 2.34. The molecule has 0 amide bonds. The summed E-state index contributed by atoms with van der Waals surface area (Å²) in [5, 5.41) is 16.6. The van der Waals surface area contributed by atoms with Crippen molar-refractivity contribution < 1.29 is 14.6 Å². The molecule has 23 heavy (non-hydrogen) atoms. The quantitative estimate of drug-likeness (QED) is 0.757. The van der Waals surface area contributed by atoms with Crippen LogP contribution < -0.4 is 9.47 Å². The smallest absolute Gasteiger partial charge is 0.181 e. The molecule has 6 nitrogen and oxygen atoms in total. The number of H-pyrrole nitrogens is 1. The van der Waals surface area contributed by atoms with E-state index in [-0.39, 0.29) is 6.61 Å². The largest absolute Gasteiger partial charge is 0.497 e. The van der Waals surface area contributed by atoms with Crippen LogP contribution in [0.25, 0.3) is 22.8 Å². The monoisotopic (exact) mass is 311 g/mol. The summed E-state index contributed by atoms with van der Waals surface area (Å²) in [4.78, 5) is 4.52. The van der Waals surface area contributed by atoms with E-state index in [9.17, 15) is 5.11 Å². The van der Waals surface area contributed by atoms with Crippen LogP contribution in [0.1, 0.15) is 5.56 Å². The Morgan fingerprint density at radius 2 is 1.74 bits per heavy atom. The lowest BCUT2D eigenvalue weighted by molar-refractivity contribution is 0.282. The molecule has 0 radical (unpaired) electrons. The standard InChI is InChI=1S/C17H17N3O3/c1-22-13-7-12(8-14(9-13)23-2)16-18-17(20-19-16)15-6-4-3-5-11(15)10-21/h3-9,21H,10H2,1-2H3,(H,18,19,20). The number of aliphatic hydroxyl groups excluding tert-OH is 1. The van der Waals surface area contributed by atoms with Gasteiger partial charge in [-0.3, -0.25) is 5.10 Å². The Labute approximate surface area is 133 Å². The molecule has 2 aromatic carbocycles. The molecule has 0 aliphatic heterocycles. The summed E-state index contributed by atoms with van der Waals surface area (Å²) in [6.07, 6.45) is 0. The van der Waals surface area contributed by atoms with Gasteiger partial charge >= 0.3 is 0 Å². The van der Waals surface area contributed by atoms with Gasteiger partial charge in [-0.15, -0.1) is 0 Å². The lowest BCUT2D eigenvalue weighted by atomic mass is 10.1. The van der Waals surface area contributed by atoms with E-state index in [4.69, 9.17) is 9.47 Å². The summed E-state index contributed by atoms with van der Waals surface area (Å²) in [5.41, 5.74) is 2.40. The maximum atomic E-state index is 9.45. The highest BCUT2D eigenvalue weighted by atomic mass is 16.5. The molecule has 2 N–H and O–H groups in total. The molecular formula is C17H17N3O3. The topological polar surface area (TPSA) is 80.3 Å². The molecule has 6 heteroatoms. The molecular weight excluding hydrogens is 294 g/mol. The van der Waals surface area contributed by atoms with Gasteiger partial charge in [0.1, 0.15) is 11.5 Å². The molecule has 0 aliphatic carbocycles. The van der Waals surface area contributed by atoms with Gasteiger partial charge in [0.25, 0.3) is 0 Å². The average molecular weight is 311 g/mol. The first-order chi connectivity index (χ1) is 11.2. The normalized spacial score (nSPS) is 10.6. The zero-order valence-corrected chi connectivity index (χ0v) is 12.9. The maximum Gasteiger partial charge on any atom is 0.181 e. The minimum atomic E-state index is -0.0564. The van der Waals surface area contributed by atoms with Crippen LogP contribution in [0.15, 0.2) is 42.5 Å². The van der Waals surface area contributed by atoms with E-state index in [1.165, 1.54) is 0 Å². The van der Waals surface area contributed by atoms with Crippen molar-refractivity contribution in [2.45, 2.75) is 6.61 Å². The number of nitrogens with one attached hydrogen (secondary N) is 1. The Morgan fingerprint density at radius 1 is 1.04 bits per heavy atom. The number of ether oxygens (including phenoxy) is 2. The van der Waals surface area contributed by atoms with E-state index in [0.717, 1.165) is 16.7 Å². The Balaban J connectivity index is 2.02. The molecule has 0 spiro atoms. The second-order valence-corrected chi connectivity index (χ2v) is 4.92. The number of benzene rings is 2. The highest BCUT2D eigenvalue weighted by Gasteiger charge is 2.12. The number of aliphatic hydroxyl groups is 1. The van der Waals surface area contributed by atoms with E-state index in [1.54, 1.807) is 20.3 Å². The first kappa shape index (κ1) is 15.1. The van der Waals surface area contributed by atoms with Crippen molar-refractivity contribution in [1.82, 2.24) is 15.2 Å². The van der Waals surface area contributed by atoms with Gasteiger partial charge in [-0.25, -0.2) is 4.98 Å². The zero-order valence-electron chi connectivity index (χ0n) is 12.9. The van der Waals surface area contributed by atoms with Gasteiger partial charge < -0.3 is 14.6 Å². The average Bonchev–Trinajstić information content (AvgIpc) is 3.11. The third kappa shape index (κ3) is 3.02. The van der Waals surface area contributed by atoms with Gasteiger partial charge in [-0.05, 0) is 17.7 Å². The first-order valence-electron chi connectivity index (χ1n) is 7.10. The second kappa shape index (κ2) is 6.50. The molecule has 0 saturated carbocycles. The van der Waals surface area contributed by atoms with Crippen molar-refractivity contribution in [3.05, 3.63) is 48.0 Å². The maximum absolute atomic E-state index is 9.45. The van der Waals surface area contributed by atoms with E-state index in [1.807, 2.05) is 36.4 Å². The Morgan fingerprint density at radius 3 is 2.39 bits per heavy atom. The predicted octanol–water partition coefficient (Wildman–Crippen LogP) is 2.65. The van der Waals surface area contributed by atoms with Crippen LogP contribution in [0.4, 0.5) is 0 Å². The SMILES string of the molecule is COc1cc(OC)cc(-c2n[nH]c(-c3ccccc3CO)n2)c1. The number of rotatable bonds is 5. The fourth-order valence-electron chi connectivity index (χ4n) is 2.34. The summed E-state index contributed by atoms with van der Waals surface area (Å²) in [5.74, 6) is 2.47. The molecule has 0 fully saturated rings. The van der Waals surface area contributed by atoms with E-state index >= 15 is 0 Å². The van der Waals surface area contributed by atoms with E-state index in [2.05, 4.69) is 15.2 Å². The summed E-state index contributed by atoms with van der Waals surface area (Å²) >= 11 is 0. The molecule has 1 aromatic heterocycles. The van der Waals surface area contributed by atoms with Crippen LogP contribution in [-0.4, -0.2) is 34.5 Å². The Kier molecular flexibility index (Phi) is 4.25. The van der Waals surface area contributed by atoms with Crippen LogP contribution >= 0.6 is 0 Å². The molecule has 118 valence electrons. The Hall–Kier alpha value is -2.86. The number of aromatic nitrogens is 3. The highest BCUT2D eigenvalue weighted by Crippen LogP contribution is 2.29. The summed E-state index contributed by atoms with van der Waals surface area (Å²) in [6, 6.07) is 13.0. The molecule has 0 atom stereocenters. The lowest BCUT2D eigenvalue weighted by Crippen LogP contribution is -1.91. The Bertz CT molecular complexity index is 792. The van der Waals surface area contributed by atoms with Crippen LogP contribution in [0.5, 0.6) is 11.5 Å². The number of nitrogens with zero attached hydrogens (tertiary/aromatic N) is 2. The van der Waals surface area contributed by atoms with Crippen LogP contribution in [0.2, 0.25) is 0 Å². The van der Waals surface area contributed by atoms with Crippen molar-refractivity contribution in [3.63, 3.8) is 0 Å². The minimum absolute atomic E-state index is 0.0564. The predicted molar refractivity (Wildman–Crippen MR) is 86.3 cm³/mol. The number of hydrogen-bond donors (Lipinski definition) is 2. The van der Waals surface area contributed by atoms with Crippen molar-refractivity contribution in [2.24, 2.45) is 0 Å². The number of hydrogen-bond acceptors (Lipinski definition) is 5. The molecule has 3 rings (SSSR count). The van der Waals surface area contributed by atoms with E-state index < -0.39 is 0 Å². The molecule has 3 aromatic rings. The van der Waals surface area contributed by atoms with E-state index in [0.29, 0.717) is 23.1 Å². The van der Waals surface area contributed by atoms with Gasteiger partial charge in [0.15, 0.2) is 11.6 Å². The number of aromatic amines is 1. The second-order valence-electron chi connectivity index (χ2n) is 4.92. The van der Waals surface area contributed by atoms with Crippen molar-refractivity contribution in [1.29, 1.82) is 0 Å². The van der Waals surface area contributed by atoms with Gasteiger partial charge in [-0.1, -0.05) is 24.3 Å². The number of methoxy groups -OCH3 is 2. The lowest BCUT2D eigenvalue weighted by Gasteiger charge is -2.06. The molecule has 0 saturated heterocycles. The van der Waals surface area contributed by atoms with Gasteiger partial charge in [0.2, 0.25) is 0 Å². The summed E-state index contributed by atoms with van der Waals surface area (Å²) < 4.78 is 10.5. The third-order valence-corrected chi connectivity index (χ3v) is 3.54. The van der Waals surface area contributed by atoms with Crippen molar-refractivity contribution >= 4 is 0 Å². The minimum Gasteiger partial charge on any atom is -0.497 e. The van der Waals surface area contributed by atoms with Crippen LogP contribution in [-0.2, 0) is 6.61 Å². The van der Waals surface area contributed by atoms with Gasteiger partial charge in [0, 0.05) is 17.2 Å². The van der Waals surface area contributed by atoms with Gasteiger partial charge in [-0.2, -0.15) is 5.10 Å². The summed E-state index contributed by atoms with van der Waals surface area (Å²) in [7, 11) is 3.19. The molecule has 0 aliphatic rings. The fraction of sp³-hybridized carbons (Fsp3) is 0.176. The third-order valence-electron chi connectivity index (χ3n) is 3.54. The molecule has 0 bridgehead atoms. The summed E-state index contributed by atoms with van der Waals surface area (Å²) in [6.45, 7) is -0.0564. The van der Waals surface area contributed by atoms with Crippen LogP contribution in [0.3, 0.4) is 0 Å². The van der Waals surface area contributed by atoms with Crippen molar-refractivity contribution in [2.75, 3.05) is 14.2 Å². The highest BCUT2D eigenvalue weighted by molar-refractivity contribution is 5.65.